The molecule has 0 aliphatic rings. The van der Waals surface area contributed by atoms with Gasteiger partial charge in [0.05, 0.1) is 31.0 Å². The van der Waals surface area contributed by atoms with Gasteiger partial charge in [-0.25, -0.2) is 0 Å². The maximum absolute atomic E-state index is 13.0. The van der Waals surface area contributed by atoms with E-state index in [1.807, 2.05) is 66.1 Å². The molecule has 0 N–H and O–H groups in total. The third kappa shape index (κ3) is 5.38. The van der Waals surface area contributed by atoms with E-state index in [0.29, 0.717) is 41.6 Å². The normalized spacial score (nSPS) is 11.7. The molecule has 176 valence electrons. The van der Waals surface area contributed by atoms with E-state index < -0.39 is 0 Å². The summed E-state index contributed by atoms with van der Waals surface area (Å²) in [5.41, 5.74) is 3.86. The van der Waals surface area contributed by atoms with Crippen molar-refractivity contribution in [2.75, 3.05) is 27.4 Å². The second kappa shape index (κ2) is 11.1. The molecule has 0 spiro atoms. The van der Waals surface area contributed by atoms with E-state index in [4.69, 9.17) is 14.2 Å². The molecule has 4 aromatic rings. The average molecular weight is 477 g/mol. The van der Waals surface area contributed by atoms with Crippen LogP contribution in [0.2, 0.25) is 0 Å². The largest absolute Gasteiger partial charge is 0.493 e. The SMILES string of the molecule is CCOCCn1c(=NC(=O)c2ccc(Cc3ccccc3)cc2)sc2cc(OC)c(OC)cc21. The van der Waals surface area contributed by atoms with Crippen LogP contribution in [-0.2, 0) is 17.7 Å². The fourth-order valence-electron chi connectivity index (χ4n) is 3.75. The molecule has 1 amide bonds. The van der Waals surface area contributed by atoms with Gasteiger partial charge in [0.1, 0.15) is 0 Å². The number of hydrogen-bond donors (Lipinski definition) is 0. The fourth-order valence-corrected chi connectivity index (χ4v) is 4.81. The van der Waals surface area contributed by atoms with Gasteiger partial charge in [-0.05, 0) is 36.6 Å². The van der Waals surface area contributed by atoms with Crippen molar-refractivity contribution in [2.45, 2.75) is 19.9 Å². The van der Waals surface area contributed by atoms with E-state index in [9.17, 15) is 4.79 Å². The van der Waals surface area contributed by atoms with Crippen molar-refractivity contribution in [2.24, 2.45) is 4.99 Å². The predicted molar refractivity (Wildman–Crippen MR) is 135 cm³/mol. The maximum Gasteiger partial charge on any atom is 0.279 e. The van der Waals surface area contributed by atoms with Crippen LogP contribution in [0, 0.1) is 0 Å². The molecule has 0 aliphatic heterocycles. The predicted octanol–water partition coefficient (Wildman–Crippen LogP) is 5.09. The Hall–Kier alpha value is -3.42. The highest BCUT2D eigenvalue weighted by molar-refractivity contribution is 7.16. The van der Waals surface area contributed by atoms with Gasteiger partial charge in [-0.15, -0.1) is 0 Å². The Labute approximate surface area is 203 Å². The van der Waals surface area contributed by atoms with Crippen LogP contribution in [0.25, 0.3) is 10.2 Å². The number of aromatic nitrogens is 1. The number of carbonyl (C=O) groups is 1. The topological polar surface area (TPSA) is 62.1 Å². The molecule has 4 rings (SSSR count). The summed E-state index contributed by atoms with van der Waals surface area (Å²) in [5, 5.41) is 0. The summed E-state index contributed by atoms with van der Waals surface area (Å²) in [5.74, 6) is 0.992. The molecule has 0 atom stereocenters. The molecule has 0 fully saturated rings. The number of ether oxygens (including phenoxy) is 3. The number of fused-ring (bicyclic) bond motifs is 1. The first-order valence-corrected chi connectivity index (χ1v) is 12.0. The van der Waals surface area contributed by atoms with Crippen LogP contribution in [0.3, 0.4) is 0 Å². The highest BCUT2D eigenvalue weighted by Gasteiger charge is 2.14. The van der Waals surface area contributed by atoms with Crippen LogP contribution in [-0.4, -0.2) is 37.9 Å². The molecule has 0 aliphatic carbocycles. The van der Waals surface area contributed by atoms with Crippen LogP contribution in [0.5, 0.6) is 11.5 Å². The van der Waals surface area contributed by atoms with Crippen molar-refractivity contribution >= 4 is 27.5 Å². The number of amides is 1. The highest BCUT2D eigenvalue weighted by atomic mass is 32.1. The molecule has 0 radical (unpaired) electrons. The minimum absolute atomic E-state index is 0.276. The van der Waals surface area contributed by atoms with Crippen molar-refractivity contribution < 1.29 is 19.0 Å². The van der Waals surface area contributed by atoms with Gasteiger partial charge in [-0.1, -0.05) is 53.8 Å². The molecule has 7 heteroatoms. The highest BCUT2D eigenvalue weighted by Crippen LogP contribution is 2.33. The summed E-state index contributed by atoms with van der Waals surface area (Å²) in [6, 6.07) is 21.7. The first-order chi connectivity index (χ1) is 16.6. The van der Waals surface area contributed by atoms with E-state index in [2.05, 4.69) is 17.1 Å². The van der Waals surface area contributed by atoms with Gasteiger partial charge in [0, 0.05) is 30.8 Å². The summed E-state index contributed by atoms with van der Waals surface area (Å²) < 4.78 is 19.4. The number of nitrogens with zero attached hydrogens (tertiary/aromatic N) is 2. The molecule has 0 saturated carbocycles. The van der Waals surface area contributed by atoms with Crippen molar-refractivity contribution in [3.63, 3.8) is 0 Å². The Morgan fingerprint density at radius 2 is 1.62 bits per heavy atom. The summed E-state index contributed by atoms with van der Waals surface area (Å²) >= 11 is 1.44. The Bertz CT molecular complexity index is 1320. The number of hydrogen-bond acceptors (Lipinski definition) is 5. The average Bonchev–Trinajstić information content (AvgIpc) is 3.20. The first-order valence-electron chi connectivity index (χ1n) is 11.2. The number of rotatable bonds is 9. The summed E-state index contributed by atoms with van der Waals surface area (Å²) in [6.07, 6.45) is 0.823. The molecule has 0 saturated heterocycles. The van der Waals surface area contributed by atoms with E-state index in [0.717, 1.165) is 22.2 Å². The Balaban J connectivity index is 1.66. The molecule has 3 aromatic carbocycles. The zero-order valence-corrected chi connectivity index (χ0v) is 20.4. The van der Waals surface area contributed by atoms with Crippen molar-refractivity contribution in [1.29, 1.82) is 0 Å². The molecule has 1 aromatic heterocycles. The van der Waals surface area contributed by atoms with Gasteiger partial charge >= 0.3 is 0 Å². The van der Waals surface area contributed by atoms with Crippen LogP contribution in [0.4, 0.5) is 0 Å². The lowest BCUT2D eigenvalue weighted by molar-refractivity contribution is 0.0996. The van der Waals surface area contributed by atoms with Gasteiger partial charge in [-0.2, -0.15) is 4.99 Å². The van der Waals surface area contributed by atoms with Gasteiger partial charge in [0.2, 0.25) is 0 Å². The minimum Gasteiger partial charge on any atom is -0.493 e. The summed E-state index contributed by atoms with van der Waals surface area (Å²) in [4.78, 5) is 18.1. The fraction of sp³-hybridized carbons (Fsp3) is 0.259. The zero-order chi connectivity index (χ0) is 23.9. The smallest absolute Gasteiger partial charge is 0.279 e. The van der Waals surface area contributed by atoms with E-state index >= 15 is 0 Å². The van der Waals surface area contributed by atoms with E-state index in [1.54, 1.807) is 14.2 Å². The lowest BCUT2D eigenvalue weighted by atomic mass is 10.0. The molecule has 6 nitrogen and oxygen atoms in total. The molecule has 1 heterocycles. The third-order valence-corrected chi connectivity index (χ3v) is 6.54. The zero-order valence-electron chi connectivity index (χ0n) is 19.6. The molecule has 0 unspecified atom stereocenters. The van der Waals surface area contributed by atoms with Gasteiger partial charge in [0.15, 0.2) is 16.3 Å². The van der Waals surface area contributed by atoms with Gasteiger partial charge in [-0.3, -0.25) is 4.79 Å². The molecule has 34 heavy (non-hydrogen) atoms. The Morgan fingerprint density at radius 1 is 0.941 bits per heavy atom. The number of benzene rings is 3. The first kappa shape index (κ1) is 23.7. The van der Waals surface area contributed by atoms with Crippen LogP contribution in [0.1, 0.15) is 28.4 Å². The number of methoxy groups -OCH3 is 2. The van der Waals surface area contributed by atoms with Crippen molar-refractivity contribution in [1.82, 2.24) is 4.57 Å². The van der Waals surface area contributed by atoms with Crippen molar-refractivity contribution in [3.8, 4) is 11.5 Å². The van der Waals surface area contributed by atoms with E-state index in [1.165, 1.54) is 16.9 Å². The Morgan fingerprint density at radius 3 is 2.29 bits per heavy atom. The van der Waals surface area contributed by atoms with Crippen LogP contribution < -0.4 is 14.3 Å². The lowest BCUT2D eigenvalue weighted by Gasteiger charge is -2.09. The van der Waals surface area contributed by atoms with Crippen LogP contribution >= 0.6 is 11.3 Å². The second-order valence-corrected chi connectivity index (χ2v) is 8.69. The summed E-state index contributed by atoms with van der Waals surface area (Å²) in [6.45, 7) is 3.68. The molecular weight excluding hydrogens is 448 g/mol. The van der Waals surface area contributed by atoms with Crippen LogP contribution in [0.15, 0.2) is 71.7 Å². The lowest BCUT2D eigenvalue weighted by Crippen LogP contribution is -2.19. The minimum atomic E-state index is -0.276. The second-order valence-electron chi connectivity index (χ2n) is 7.68. The maximum atomic E-state index is 13.0. The van der Waals surface area contributed by atoms with E-state index in [-0.39, 0.29) is 5.91 Å². The number of thiazole rings is 1. The molecule has 0 bridgehead atoms. The van der Waals surface area contributed by atoms with Gasteiger partial charge in [0.25, 0.3) is 5.91 Å². The number of carbonyl (C=O) groups excluding carboxylic acids is 1. The van der Waals surface area contributed by atoms with Gasteiger partial charge < -0.3 is 18.8 Å². The monoisotopic (exact) mass is 476 g/mol. The summed E-state index contributed by atoms with van der Waals surface area (Å²) in [7, 11) is 3.22. The standard InChI is InChI=1S/C27H28N2O4S/c1-4-33-15-14-29-22-17-23(31-2)24(32-3)18-25(22)34-27(29)28-26(30)21-12-10-20(11-13-21)16-19-8-6-5-7-9-19/h5-13,17-18H,4,14-16H2,1-3H3. The van der Waals surface area contributed by atoms with Crippen molar-refractivity contribution in [3.05, 3.63) is 88.2 Å². The third-order valence-electron chi connectivity index (χ3n) is 5.50. The quantitative estimate of drug-likeness (QED) is 0.316. The Kier molecular flexibility index (Phi) is 7.77. The molecular formula is C27H28N2O4S.